The SMILES string of the molecule is CCC[C@@H](C)CCCCCCCCCCc1cc(O)cc(OS(=O)(=O)O)c1. The Balaban J connectivity index is 2.11. The van der Waals surface area contributed by atoms with Gasteiger partial charge in [-0.3, -0.25) is 4.55 Å². The number of phenolic OH excluding ortho intramolecular Hbond substituents is 1. The molecule has 0 aliphatic carbocycles. The van der Waals surface area contributed by atoms with Crippen molar-refractivity contribution in [2.45, 2.75) is 90.9 Å². The Hall–Kier alpha value is -1.27. The first-order valence-corrected chi connectivity index (χ1v) is 11.7. The first kappa shape index (κ1) is 23.8. The van der Waals surface area contributed by atoms with Crippen LogP contribution in [0.3, 0.4) is 0 Å². The Morgan fingerprint density at radius 1 is 0.926 bits per heavy atom. The molecule has 0 unspecified atom stereocenters. The molecule has 0 spiro atoms. The number of unbranched alkanes of at least 4 members (excludes halogenated alkanes) is 7. The molecule has 1 aromatic carbocycles. The Kier molecular flexibility index (Phi) is 11.4. The topological polar surface area (TPSA) is 83.8 Å². The Morgan fingerprint density at radius 3 is 2.11 bits per heavy atom. The van der Waals surface area contributed by atoms with Gasteiger partial charge in [0.05, 0.1) is 0 Å². The summed E-state index contributed by atoms with van der Waals surface area (Å²) in [6, 6.07) is 4.30. The molecule has 0 aliphatic heterocycles. The van der Waals surface area contributed by atoms with Gasteiger partial charge in [-0.15, -0.1) is 0 Å². The highest BCUT2D eigenvalue weighted by Gasteiger charge is 2.09. The maximum absolute atomic E-state index is 10.8. The average Bonchev–Trinajstić information content (AvgIpc) is 2.54. The van der Waals surface area contributed by atoms with Crippen molar-refractivity contribution in [1.82, 2.24) is 0 Å². The molecule has 2 N–H and O–H groups in total. The molecule has 156 valence electrons. The van der Waals surface area contributed by atoms with E-state index in [9.17, 15) is 13.5 Å². The summed E-state index contributed by atoms with van der Waals surface area (Å²) in [4.78, 5) is 0. The highest BCUT2D eigenvalue weighted by molar-refractivity contribution is 7.81. The number of rotatable bonds is 15. The molecule has 0 saturated heterocycles. The molecule has 1 rings (SSSR count). The zero-order chi connectivity index (χ0) is 20.1. The van der Waals surface area contributed by atoms with Crippen molar-refractivity contribution < 1.29 is 22.3 Å². The van der Waals surface area contributed by atoms with Crippen molar-refractivity contribution in [1.29, 1.82) is 0 Å². The summed E-state index contributed by atoms with van der Waals surface area (Å²) in [5.41, 5.74) is 0.801. The van der Waals surface area contributed by atoms with E-state index in [1.165, 1.54) is 69.9 Å². The number of aromatic hydroxyl groups is 1. The largest absolute Gasteiger partial charge is 0.508 e. The van der Waals surface area contributed by atoms with Crippen molar-refractivity contribution in [3.63, 3.8) is 0 Å². The number of hydrogen-bond donors (Lipinski definition) is 2. The molecular weight excluding hydrogens is 364 g/mol. The molecule has 0 heterocycles. The maximum Gasteiger partial charge on any atom is 0.446 e. The van der Waals surface area contributed by atoms with Gasteiger partial charge in [0.25, 0.3) is 0 Å². The van der Waals surface area contributed by atoms with E-state index in [-0.39, 0.29) is 11.5 Å². The minimum absolute atomic E-state index is 0.0687. The van der Waals surface area contributed by atoms with Gasteiger partial charge in [-0.05, 0) is 36.5 Å². The summed E-state index contributed by atoms with van der Waals surface area (Å²) in [6.45, 7) is 4.61. The van der Waals surface area contributed by atoms with Gasteiger partial charge < -0.3 is 9.29 Å². The predicted molar refractivity (Wildman–Crippen MR) is 110 cm³/mol. The molecule has 0 bridgehead atoms. The molecule has 6 heteroatoms. The van der Waals surface area contributed by atoms with Gasteiger partial charge in [-0.25, -0.2) is 0 Å². The zero-order valence-corrected chi connectivity index (χ0v) is 17.6. The highest BCUT2D eigenvalue weighted by atomic mass is 32.3. The van der Waals surface area contributed by atoms with Crippen LogP contribution in [-0.2, 0) is 16.8 Å². The molecule has 1 atom stereocenters. The molecule has 27 heavy (non-hydrogen) atoms. The van der Waals surface area contributed by atoms with Gasteiger partial charge in [0.2, 0.25) is 0 Å². The van der Waals surface area contributed by atoms with Crippen LogP contribution in [0.4, 0.5) is 0 Å². The summed E-state index contributed by atoms with van der Waals surface area (Å²) in [7, 11) is -4.57. The van der Waals surface area contributed by atoms with Crippen LogP contribution >= 0.6 is 0 Å². The van der Waals surface area contributed by atoms with Gasteiger partial charge in [-0.1, -0.05) is 78.1 Å². The minimum atomic E-state index is -4.57. The second kappa shape index (κ2) is 13.0. The van der Waals surface area contributed by atoms with E-state index in [2.05, 4.69) is 18.0 Å². The normalized spacial score (nSPS) is 12.9. The lowest BCUT2D eigenvalue weighted by Gasteiger charge is -2.09. The third kappa shape index (κ3) is 12.7. The molecule has 0 amide bonds. The van der Waals surface area contributed by atoms with Gasteiger partial charge in [0.15, 0.2) is 0 Å². The van der Waals surface area contributed by atoms with Gasteiger partial charge in [0, 0.05) is 6.07 Å². The highest BCUT2D eigenvalue weighted by Crippen LogP contribution is 2.24. The van der Waals surface area contributed by atoms with E-state index in [0.717, 1.165) is 30.7 Å². The quantitative estimate of drug-likeness (QED) is 0.276. The number of aryl methyl sites for hydroxylation is 1. The predicted octanol–water partition coefficient (Wildman–Crippen LogP) is 6.06. The van der Waals surface area contributed by atoms with Crippen LogP contribution in [0, 0.1) is 5.92 Å². The van der Waals surface area contributed by atoms with E-state index in [1.807, 2.05) is 0 Å². The molecule has 0 aliphatic rings. The fourth-order valence-electron chi connectivity index (χ4n) is 3.48. The summed E-state index contributed by atoms with van der Waals surface area (Å²) in [5, 5.41) is 9.64. The maximum atomic E-state index is 10.8. The molecule has 5 nitrogen and oxygen atoms in total. The van der Waals surface area contributed by atoms with Crippen molar-refractivity contribution >= 4 is 10.4 Å². The second-order valence-corrected chi connectivity index (χ2v) is 8.63. The summed E-state index contributed by atoms with van der Waals surface area (Å²) in [5.74, 6) is 0.732. The van der Waals surface area contributed by atoms with Gasteiger partial charge in [0.1, 0.15) is 11.5 Å². The molecule has 1 aromatic rings. The molecule has 0 radical (unpaired) electrons. The first-order chi connectivity index (χ1) is 12.8. The molecule has 0 aromatic heterocycles. The lowest BCUT2D eigenvalue weighted by Crippen LogP contribution is -2.06. The van der Waals surface area contributed by atoms with Crippen LogP contribution in [0.5, 0.6) is 11.5 Å². The molecule has 0 fully saturated rings. The number of hydrogen-bond acceptors (Lipinski definition) is 4. The van der Waals surface area contributed by atoms with E-state index in [0.29, 0.717) is 0 Å². The smallest absolute Gasteiger partial charge is 0.446 e. The third-order valence-corrected chi connectivity index (χ3v) is 5.25. The summed E-state index contributed by atoms with van der Waals surface area (Å²) in [6.07, 6.45) is 14.6. The van der Waals surface area contributed by atoms with Crippen LogP contribution in [0.25, 0.3) is 0 Å². The standard InChI is InChI=1S/C21H36O5S/c1-3-12-18(2)13-10-8-6-4-5-7-9-11-14-19-15-20(22)17-21(16-19)26-27(23,24)25/h15-18,22H,3-14H2,1-2H3,(H,23,24,25)/t18-/m1/s1. The molecule has 0 saturated carbocycles. The number of benzene rings is 1. The van der Waals surface area contributed by atoms with Crippen molar-refractivity contribution in [3.8, 4) is 11.5 Å². The van der Waals surface area contributed by atoms with E-state index < -0.39 is 10.4 Å². The van der Waals surface area contributed by atoms with Crippen LogP contribution in [0.2, 0.25) is 0 Å². The summed E-state index contributed by atoms with van der Waals surface area (Å²) >= 11 is 0. The van der Waals surface area contributed by atoms with Gasteiger partial charge >= 0.3 is 10.4 Å². The Morgan fingerprint density at radius 2 is 1.52 bits per heavy atom. The van der Waals surface area contributed by atoms with Gasteiger partial charge in [-0.2, -0.15) is 8.42 Å². The lowest BCUT2D eigenvalue weighted by atomic mass is 9.98. The van der Waals surface area contributed by atoms with Crippen molar-refractivity contribution in [3.05, 3.63) is 23.8 Å². The van der Waals surface area contributed by atoms with Crippen LogP contribution in [-0.4, -0.2) is 18.1 Å². The van der Waals surface area contributed by atoms with Crippen molar-refractivity contribution in [2.75, 3.05) is 0 Å². The average molecular weight is 401 g/mol. The fourth-order valence-corrected chi connectivity index (χ4v) is 3.82. The second-order valence-electron chi connectivity index (χ2n) is 7.61. The number of phenols is 1. The van der Waals surface area contributed by atoms with Crippen LogP contribution < -0.4 is 4.18 Å². The fraction of sp³-hybridized carbons (Fsp3) is 0.714. The van der Waals surface area contributed by atoms with Crippen LogP contribution in [0.15, 0.2) is 18.2 Å². The first-order valence-electron chi connectivity index (χ1n) is 10.3. The lowest BCUT2D eigenvalue weighted by molar-refractivity contribution is 0.385. The van der Waals surface area contributed by atoms with Crippen LogP contribution in [0.1, 0.15) is 90.0 Å². The minimum Gasteiger partial charge on any atom is -0.508 e. The molecular formula is C21H36O5S. The third-order valence-electron chi connectivity index (χ3n) is 4.85. The Labute approximate surface area is 165 Å². The monoisotopic (exact) mass is 400 g/mol. The Bertz CT molecular complexity index is 627. The van der Waals surface area contributed by atoms with E-state index in [1.54, 1.807) is 6.07 Å². The zero-order valence-electron chi connectivity index (χ0n) is 16.8. The van der Waals surface area contributed by atoms with E-state index >= 15 is 0 Å². The van der Waals surface area contributed by atoms with Crippen molar-refractivity contribution in [2.24, 2.45) is 5.92 Å². The van der Waals surface area contributed by atoms with E-state index in [4.69, 9.17) is 4.55 Å². The summed E-state index contributed by atoms with van der Waals surface area (Å²) < 4.78 is 34.7.